The predicted octanol–water partition coefficient (Wildman–Crippen LogP) is 8.32. The molecule has 0 saturated heterocycles. The van der Waals surface area contributed by atoms with Crippen molar-refractivity contribution in [2.24, 2.45) is 5.92 Å². The molecule has 0 fully saturated rings. The van der Waals surface area contributed by atoms with E-state index >= 15 is 0 Å². The molecular formula is C45H35N3. The van der Waals surface area contributed by atoms with Crippen molar-refractivity contribution in [1.29, 1.82) is 0 Å². The van der Waals surface area contributed by atoms with Gasteiger partial charge in [-0.05, 0) is 90.4 Å². The lowest BCUT2D eigenvalue weighted by Gasteiger charge is -2.37. The van der Waals surface area contributed by atoms with Crippen molar-refractivity contribution in [3.05, 3.63) is 192 Å². The van der Waals surface area contributed by atoms with Crippen LogP contribution >= 0.6 is 0 Å². The minimum Gasteiger partial charge on any atom is -0.372 e. The van der Waals surface area contributed by atoms with Gasteiger partial charge in [0.2, 0.25) is 0 Å². The minimum atomic E-state index is -0.0397. The Balaban J connectivity index is 1.19. The fourth-order valence-corrected chi connectivity index (χ4v) is 7.75. The number of allylic oxidation sites excluding steroid dienone is 4. The zero-order valence-electron chi connectivity index (χ0n) is 26.6. The van der Waals surface area contributed by atoms with Gasteiger partial charge in [-0.15, -0.1) is 0 Å². The quantitative estimate of drug-likeness (QED) is 0.204. The smallest absolute Gasteiger partial charge is 0.100 e. The van der Waals surface area contributed by atoms with Gasteiger partial charge in [-0.3, -0.25) is 10.3 Å². The number of hydrogen-bond donors (Lipinski definition) is 2. The molecule has 2 N–H and O–H groups in total. The summed E-state index contributed by atoms with van der Waals surface area (Å²) >= 11 is 0. The molecule has 3 unspecified atom stereocenters. The average molecular weight is 618 g/mol. The van der Waals surface area contributed by atoms with Crippen LogP contribution in [0.4, 0.5) is 0 Å². The van der Waals surface area contributed by atoms with Crippen molar-refractivity contribution in [3.8, 4) is 22.3 Å². The summed E-state index contributed by atoms with van der Waals surface area (Å²) in [5.74, 6) is 0.373. The maximum Gasteiger partial charge on any atom is 0.100 e. The van der Waals surface area contributed by atoms with Crippen molar-refractivity contribution in [3.63, 3.8) is 0 Å². The highest BCUT2D eigenvalue weighted by atomic mass is 15.2. The molecule has 0 saturated carbocycles. The Hall–Kier alpha value is -5.77. The number of aromatic nitrogens is 1. The first-order chi connectivity index (χ1) is 23.8. The molecule has 2 heterocycles. The van der Waals surface area contributed by atoms with Gasteiger partial charge < -0.3 is 5.32 Å². The van der Waals surface area contributed by atoms with E-state index in [1.165, 1.54) is 60.2 Å². The van der Waals surface area contributed by atoms with Crippen molar-refractivity contribution < 1.29 is 0 Å². The predicted molar refractivity (Wildman–Crippen MR) is 199 cm³/mol. The number of benzene rings is 5. The molecule has 1 aromatic heterocycles. The second-order valence-electron chi connectivity index (χ2n) is 12.9. The van der Waals surface area contributed by atoms with Crippen molar-refractivity contribution in [2.45, 2.75) is 18.6 Å². The van der Waals surface area contributed by atoms with Crippen LogP contribution in [0.2, 0.25) is 0 Å². The van der Waals surface area contributed by atoms with E-state index in [2.05, 4.69) is 167 Å². The molecular weight excluding hydrogens is 583 g/mol. The van der Waals surface area contributed by atoms with Crippen LogP contribution in [-0.4, -0.2) is 11.1 Å². The van der Waals surface area contributed by atoms with Gasteiger partial charge in [0.05, 0.1) is 6.04 Å². The van der Waals surface area contributed by atoms with Crippen LogP contribution in [0, 0.1) is 5.92 Å². The Labute approximate surface area is 281 Å². The maximum atomic E-state index is 4.38. The van der Waals surface area contributed by atoms with E-state index in [-0.39, 0.29) is 12.2 Å². The first-order valence-corrected chi connectivity index (χ1v) is 16.8. The average Bonchev–Trinajstić information content (AvgIpc) is 3.17. The topological polar surface area (TPSA) is 37.0 Å². The third-order valence-corrected chi connectivity index (χ3v) is 10.1. The standard InChI is InChI=1S/C45H35N3/c1-3-19-37-30(11-1)13-9-23-38(37)32-15-8-17-35(26-32)44-43(33-16-7-14-31(25-33)36-18-10-24-46-28-36)29-47-45(48-44)42-27-34-12-2-4-20-39(34)40-21-5-6-22-41(40)42/h1-26,28-29,34,44-45,47-48H,27H2. The Bertz CT molecular complexity index is 2390. The molecule has 3 aliphatic rings. The highest BCUT2D eigenvalue weighted by Crippen LogP contribution is 2.38. The van der Waals surface area contributed by atoms with E-state index in [4.69, 9.17) is 0 Å². The minimum absolute atomic E-state index is 0.0246. The van der Waals surface area contributed by atoms with Crippen LogP contribution in [0.5, 0.6) is 0 Å². The van der Waals surface area contributed by atoms with Gasteiger partial charge in [0, 0.05) is 30.1 Å². The fourth-order valence-electron chi connectivity index (χ4n) is 7.75. The highest BCUT2D eigenvalue weighted by Gasteiger charge is 2.31. The molecule has 2 aliphatic carbocycles. The summed E-state index contributed by atoms with van der Waals surface area (Å²) in [6.45, 7) is 0. The molecule has 3 atom stereocenters. The molecule has 0 spiro atoms. The third-order valence-electron chi connectivity index (χ3n) is 10.1. The lowest BCUT2D eigenvalue weighted by atomic mass is 9.80. The van der Waals surface area contributed by atoms with E-state index in [1.807, 2.05) is 18.5 Å². The lowest BCUT2D eigenvalue weighted by Crippen LogP contribution is -2.51. The van der Waals surface area contributed by atoms with Crippen LogP contribution in [0.3, 0.4) is 0 Å². The van der Waals surface area contributed by atoms with Crippen molar-refractivity contribution in [1.82, 2.24) is 15.6 Å². The van der Waals surface area contributed by atoms with E-state index in [1.54, 1.807) is 0 Å². The molecule has 3 heteroatoms. The second kappa shape index (κ2) is 12.1. The monoisotopic (exact) mass is 617 g/mol. The number of fused-ring (bicyclic) bond motifs is 3. The summed E-state index contributed by atoms with van der Waals surface area (Å²) in [6.07, 6.45) is 16.0. The van der Waals surface area contributed by atoms with Crippen LogP contribution in [0.25, 0.3) is 49.7 Å². The molecule has 3 nitrogen and oxygen atoms in total. The lowest BCUT2D eigenvalue weighted by molar-refractivity contribution is 0.491. The molecule has 0 bridgehead atoms. The number of nitrogens with zero attached hydrogens (tertiary/aromatic N) is 1. The van der Waals surface area contributed by atoms with Crippen LogP contribution in [-0.2, 0) is 0 Å². The molecule has 230 valence electrons. The summed E-state index contributed by atoms with van der Waals surface area (Å²) in [6, 6.07) is 46.1. The Morgan fingerprint density at radius 3 is 2.38 bits per heavy atom. The summed E-state index contributed by atoms with van der Waals surface area (Å²) in [7, 11) is 0. The molecule has 6 aromatic rings. The van der Waals surface area contributed by atoms with Gasteiger partial charge in [-0.25, -0.2) is 0 Å². The van der Waals surface area contributed by atoms with Gasteiger partial charge in [0.15, 0.2) is 0 Å². The van der Waals surface area contributed by atoms with E-state index in [9.17, 15) is 0 Å². The number of pyridine rings is 1. The van der Waals surface area contributed by atoms with Crippen molar-refractivity contribution in [2.75, 3.05) is 0 Å². The number of nitrogens with one attached hydrogen (secondary N) is 2. The van der Waals surface area contributed by atoms with E-state index < -0.39 is 0 Å². The van der Waals surface area contributed by atoms with Gasteiger partial charge in [-0.2, -0.15) is 0 Å². The summed E-state index contributed by atoms with van der Waals surface area (Å²) in [5, 5.41) is 13.1. The zero-order chi connectivity index (χ0) is 31.9. The van der Waals surface area contributed by atoms with Gasteiger partial charge in [-0.1, -0.05) is 133 Å². The summed E-state index contributed by atoms with van der Waals surface area (Å²) < 4.78 is 0. The van der Waals surface area contributed by atoms with E-state index in [0.717, 1.165) is 17.5 Å². The molecule has 0 radical (unpaired) electrons. The Morgan fingerprint density at radius 2 is 1.44 bits per heavy atom. The third kappa shape index (κ3) is 5.10. The summed E-state index contributed by atoms with van der Waals surface area (Å²) in [4.78, 5) is 4.38. The van der Waals surface area contributed by atoms with Gasteiger partial charge in [0.25, 0.3) is 0 Å². The van der Waals surface area contributed by atoms with Gasteiger partial charge in [0.1, 0.15) is 6.17 Å². The molecule has 48 heavy (non-hydrogen) atoms. The Morgan fingerprint density at radius 1 is 0.646 bits per heavy atom. The van der Waals surface area contributed by atoms with Crippen molar-refractivity contribution >= 4 is 27.5 Å². The number of rotatable bonds is 5. The van der Waals surface area contributed by atoms with Gasteiger partial charge >= 0.3 is 0 Å². The maximum absolute atomic E-state index is 4.38. The second-order valence-corrected chi connectivity index (χ2v) is 12.9. The summed E-state index contributed by atoms with van der Waals surface area (Å²) in [5.41, 5.74) is 11.2. The zero-order valence-corrected chi connectivity index (χ0v) is 26.6. The molecule has 1 aliphatic heterocycles. The van der Waals surface area contributed by atoms with Crippen LogP contribution < -0.4 is 21.1 Å². The molecule has 9 rings (SSSR count). The number of hydrogen-bond acceptors (Lipinski definition) is 3. The normalized spacial score (nSPS) is 19.8. The van der Waals surface area contributed by atoms with Crippen LogP contribution in [0.15, 0.2) is 170 Å². The SMILES string of the molecule is C1=CC2=c3ccccc3=C(C3NC=C(c4cccc(-c5cccnc5)c4)C(c4cccc(-c5cccc6ccccc56)c4)N3)CC2C=C1. The molecule has 0 amide bonds. The molecule has 5 aromatic carbocycles. The van der Waals surface area contributed by atoms with E-state index in [0.29, 0.717) is 5.92 Å². The van der Waals surface area contributed by atoms with Crippen LogP contribution in [0.1, 0.15) is 23.6 Å². The first kappa shape index (κ1) is 28.5. The fraction of sp³-hybridized carbons (Fsp3) is 0.0889. The largest absolute Gasteiger partial charge is 0.372 e. The Kier molecular flexibility index (Phi) is 7.18. The first-order valence-electron chi connectivity index (χ1n) is 16.8. The highest BCUT2D eigenvalue weighted by molar-refractivity contribution is 5.96.